The molecule has 0 amide bonds. The molecule has 1 aromatic carbocycles. The van der Waals surface area contributed by atoms with Crippen LogP contribution in [0, 0.1) is 23.0 Å². The van der Waals surface area contributed by atoms with Crippen molar-refractivity contribution < 1.29 is 21.1 Å². The third-order valence-electron chi connectivity index (χ3n) is 1.37. The summed E-state index contributed by atoms with van der Waals surface area (Å²) in [4.78, 5) is -1.67. The van der Waals surface area contributed by atoms with Gasteiger partial charge in [-0.1, -0.05) is 0 Å². The molecule has 1 rings (SSSR count). The Bertz CT molecular complexity index is 495. The highest BCUT2D eigenvalue weighted by Crippen LogP contribution is 2.21. The number of rotatable bonds is 1. The minimum Gasteiger partial charge on any atom is -0.205 e. The minimum atomic E-state index is -5.45. The molecule has 0 unspecified atom stereocenters. The average Bonchev–Trinajstić information content (AvgIpc) is 1.99. The molecule has 0 radical (unpaired) electrons. The summed E-state index contributed by atoms with van der Waals surface area (Å²) in [5, 5.41) is 8.25. The second-order valence-corrected chi connectivity index (χ2v) is 3.60. The van der Waals surface area contributed by atoms with Crippen LogP contribution in [0.4, 0.5) is 12.7 Å². The Hall–Kier alpha value is -1.55. The summed E-state index contributed by atoms with van der Waals surface area (Å²) in [6, 6.07) is 2.27. The standard InChI is InChI=1S/C7H2F3NO2S/c8-5-1-4(3-11)2-6(9)7(5)14(10,12)13/h1-2H. The van der Waals surface area contributed by atoms with E-state index in [2.05, 4.69) is 0 Å². The van der Waals surface area contributed by atoms with Crippen molar-refractivity contribution in [2.45, 2.75) is 4.90 Å². The fourth-order valence-corrected chi connectivity index (χ4v) is 1.44. The van der Waals surface area contributed by atoms with E-state index < -0.39 is 32.3 Å². The van der Waals surface area contributed by atoms with Gasteiger partial charge < -0.3 is 0 Å². The molecule has 0 N–H and O–H groups in total. The van der Waals surface area contributed by atoms with Gasteiger partial charge in [0.05, 0.1) is 11.6 Å². The van der Waals surface area contributed by atoms with Crippen LogP contribution >= 0.6 is 0 Å². The number of benzene rings is 1. The summed E-state index contributed by atoms with van der Waals surface area (Å²) >= 11 is 0. The topological polar surface area (TPSA) is 57.9 Å². The van der Waals surface area contributed by atoms with E-state index in [1.807, 2.05) is 0 Å². The van der Waals surface area contributed by atoms with Gasteiger partial charge in [0.1, 0.15) is 11.6 Å². The maximum Gasteiger partial charge on any atom is 0.337 e. The van der Waals surface area contributed by atoms with E-state index in [4.69, 9.17) is 5.26 Å². The lowest BCUT2D eigenvalue weighted by Gasteiger charge is -1.99. The van der Waals surface area contributed by atoms with Crippen molar-refractivity contribution in [3.63, 3.8) is 0 Å². The van der Waals surface area contributed by atoms with Crippen molar-refractivity contribution in [2.75, 3.05) is 0 Å². The first-order chi connectivity index (χ1) is 6.36. The molecule has 0 fully saturated rings. The minimum absolute atomic E-state index is 0.424. The summed E-state index contributed by atoms with van der Waals surface area (Å²) < 4.78 is 58.3. The van der Waals surface area contributed by atoms with E-state index >= 15 is 0 Å². The Balaban J connectivity index is 3.59. The molecular formula is C7H2F3NO2S. The summed E-state index contributed by atoms with van der Waals surface area (Å²) in [6.45, 7) is 0. The van der Waals surface area contributed by atoms with Gasteiger partial charge in [0.2, 0.25) is 0 Å². The van der Waals surface area contributed by atoms with E-state index in [1.54, 1.807) is 0 Å². The Morgan fingerprint density at radius 3 is 1.93 bits per heavy atom. The van der Waals surface area contributed by atoms with Crippen LogP contribution < -0.4 is 0 Å². The lowest BCUT2D eigenvalue weighted by molar-refractivity contribution is 0.499. The fraction of sp³-hybridized carbons (Fsp3) is 0. The molecule has 0 saturated carbocycles. The van der Waals surface area contributed by atoms with E-state index in [0.29, 0.717) is 12.1 Å². The van der Waals surface area contributed by atoms with Gasteiger partial charge in [-0.3, -0.25) is 0 Å². The van der Waals surface area contributed by atoms with Crippen molar-refractivity contribution in [2.24, 2.45) is 0 Å². The number of hydrogen-bond acceptors (Lipinski definition) is 3. The van der Waals surface area contributed by atoms with Crippen LogP contribution in [0.25, 0.3) is 0 Å². The molecule has 0 aliphatic carbocycles. The van der Waals surface area contributed by atoms with E-state index in [-0.39, 0.29) is 0 Å². The lowest BCUT2D eigenvalue weighted by atomic mass is 10.2. The fourth-order valence-electron chi connectivity index (χ4n) is 0.857. The highest BCUT2D eigenvalue weighted by molar-refractivity contribution is 7.86. The van der Waals surface area contributed by atoms with Crippen molar-refractivity contribution >= 4 is 10.2 Å². The van der Waals surface area contributed by atoms with Crippen LogP contribution in [0.2, 0.25) is 0 Å². The van der Waals surface area contributed by atoms with E-state index in [1.165, 1.54) is 6.07 Å². The molecule has 14 heavy (non-hydrogen) atoms. The molecule has 3 nitrogen and oxygen atoms in total. The highest BCUT2D eigenvalue weighted by atomic mass is 32.3. The van der Waals surface area contributed by atoms with E-state index in [9.17, 15) is 21.1 Å². The molecular weight excluding hydrogens is 219 g/mol. The van der Waals surface area contributed by atoms with Crippen LogP contribution in [0.5, 0.6) is 0 Å². The largest absolute Gasteiger partial charge is 0.337 e. The molecule has 74 valence electrons. The SMILES string of the molecule is N#Cc1cc(F)c(S(=O)(=O)F)c(F)c1. The zero-order chi connectivity index (χ0) is 10.9. The van der Waals surface area contributed by atoms with Gasteiger partial charge in [0, 0.05) is 0 Å². The highest BCUT2D eigenvalue weighted by Gasteiger charge is 2.24. The Kier molecular flexibility index (Phi) is 2.49. The van der Waals surface area contributed by atoms with Crippen molar-refractivity contribution in [1.82, 2.24) is 0 Å². The van der Waals surface area contributed by atoms with Crippen molar-refractivity contribution in [3.05, 3.63) is 29.3 Å². The quantitative estimate of drug-likeness (QED) is 0.675. The van der Waals surface area contributed by atoms with Gasteiger partial charge in [-0.05, 0) is 12.1 Å². The lowest BCUT2D eigenvalue weighted by Crippen LogP contribution is -2.01. The van der Waals surface area contributed by atoms with Crippen LogP contribution in [0.3, 0.4) is 0 Å². The molecule has 0 saturated heterocycles. The molecule has 7 heteroatoms. The van der Waals surface area contributed by atoms with Gasteiger partial charge in [-0.2, -0.15) is 13.7 Å². The van der Waals surface area contributed by atoms with Gasteiger partial charge in [0.25, 0.3) is 0 Å². The number of nitriles is 1. The molecule has 0 bridgehead atoms. The maximum absolute atomic E-state index is 12.8. The van der Waals surface area contributed by atoms with Gasteiger partial charge in [-0.25, -0.2) is 8.78 Å². The Morgan fingerprint density at radius 2 is 1.64 bits per heavy atom. The molecule has 0 spiro atoms. The summed E-state index contributed by atoms with van der Waals surface area (Å²) in [7, 11) is -5.45. The first-order valence-corrected chi connectivity index (χ1v) is 4.58. The predicted octanol–water partition coefficient (Wildman–Crippen LogP) is 1.49. The van der Waals surface area contributed by atoms with Crippen LogP contribution in [0.1, 0.15) is 5.56 Å². The Labute approximate surface area is 77.6 Å². The van der Waals surface area contributed by atoms with E-state index in [0.717, 1.165) is 0 Å². The summed E-state index contributed by atoms with van der Waals surface area (Å²) in [6.07, 6.45) is 0. The molecule has 0 aliphatic heterocycles. The van der Waals surface area contributed by atoms with Crippen molar-refractivity contribution in [3.8, 4) is 6.07 Å². The third kappa shape index (κ3) is 1.85. The van der Waals surface area contributed by atoms with Crippen molar-refractivity contribution in [1.29, 1.82) is 5.26 Å². The Morgan fingerprint density at radius 1 is 1.21 bits per heavy atom. The summed E-state index contributed by atoms with van der Waals surface area (Å²) in [5.41, 5.74) is -0.424. The number of nitrogens with zero attached hydrogens (tertiary/aromatic N) is 1. The van der Waals surface area contributed by atoms with Crippen LogP contribution in [-0.2, 0) is 10.2 Å². The molecule has 1 aromatic rings. The van der Waals surface area contributed by atoms with Gasteiger partial charge in [0.15, 0.2) is 4.90 Å². The maximum atomic E-state index is 12.8. The average molecular weight is 221 g/mol. The number of hydrogen-bond donors (Lipinski definition) is 0. The smallest absolute Gasteiger partial charge is 0.205 e. The predicted molar refractivity (Wildman–Crippen MR) is 39.4 cm³/mol. The van der Waals surface area contributed by atoms with Gasteiger partial charge >= 0.3 is 10.2 Å². The third-order valence-corrected chi connectivity index (χ3v) is 2.25. The summed E-state index contributed by atoms with van der Waals surface area (Å²) in [5.74, 6) is -3.24. The number of halogens is 3. The molecule has 0 atom stereocenters. The monoisotopic (exact) mass is 221 g/mol. The van der Waals surface area contributed by atoms with Crippen LogP contribution in [-0.4, -0.2) is 8.42 Å². The zero-order valence-corrected chi connectivity index (χ0v) is 7.28. The molecule has 0 aliphatic rings. The zero-order valence-electron chi connectivity index (χ0n) is 6.46. The normalized spacial score (nSPS) is 11.0. The molecule has 0 heterocycles. The van der Waals surface area contributed by atoms with Gasteiger partial charge in [-0.15, -0.1) is 3.89 Å². The first kappa shape index (κ1) is 10.5. The molecule has 0 aromatic heterocycles. The second-order valence-electron chi connectivity index (χ2n) is 2.32. The first-order valence-electron chi connectivity index (χ1n) is 3.20. The van der Waals surface area contributed by atoms with Crippen LogP contribution in [0.15, 0.2) is 17.0 Å². The second kappa shape index (κ2) is 3.31.